The van der Waals surface area contributed by atoms with Crippen LogP contribution in [-0.4, -0.2) is 13.1 Å². The number of rotatable bonds is 8. The van der Waals surface area contributed by atoms with Gasteiger partial charge in [-0.05, 0) is 31.9 Å². The Balaban J connectivity index is 2.68. The van der Waals surface area contributed by atoms with E-state index in [-0.39, 0.29) is 5.41 Å². The molecule has 0 aliphatic carbocycles. The van der Waals surface area contributed by atoms with Crippen LogP contribution >= 0.6 is 0 Å². The molecular formula is C16H24N2. The second kappa shape index (κ2) is 7.02. The molecule has 0 bridgehead atoms. The van der Waals surface area contributed by atoms with Crippen LogP contribution in [0, 0.1) is 12.3 Å². The molecule has 1 rings (SSSR count). The van der Waals surface area contributed by atoms with E-state index < -0.39 is 0 Å². The van der Waals surface area contributed by atoms with E-state index in [2.05, 4.69) is 49.7 Å². The van der Waals surface area contributed by atoms with Crippen molar-refractivity contribution < 1.29 is 0 Å². The highest BCUT2D eigenvalue weighted by molar-refractivity contribution is 5.44. The lowest BCUT2D eigenvalue weighted by Crippen LogP contribution is -2.36. The monoisotopic (exact) mass is 244 g/mol. The highest BCUT2D eigenvalue weighted by Gasteiger charge is 2.25. The minimum atomic E-state index is 0.0222. The van der Waals surface area contributed by atoms with Gasteiger partial charge in [0.15, 0.2) is 0 Å². The van der Waals surface area contributed by atoms with E-state index >= 15 is 0 Å². The largest absolute Gasteiger partial charge is 0.384 e. The number of benzene rings is 1. The third-order valence-corrected chi connectivity index (χ3v) is 3.31. The zero-order valence-electron chi connectivity index (χ0n) is 11.3. The molecule has 18 heavy (non-hydrogen) atoms. The number of hydrogen-bond acceptors (Lipinski definition) is 2. The SMILES string of the molecule is C=CCC(CN)(CC=C)CNc1ccc(C)cc1. The summed E-state index contributed by atoms with van der Waals surface area (Å²) >= 11 is 0. The first-order valence-corrected chi connectivity index (χ1v) is 6.38. The van der Waals surface area contributed by atoms with E-state index in [4.69, 9.17) is 5.73 Å². The number of hydrogen-bond donors (Lipinski definition) is 2. The van der Waals surface area contributed by atoms with Crippen molar-refractivity contribution in [1.82, 2.24) is 0 Å². The van der Waals surface area contributed by atoms with Gasteiger partial charge in [-0.2, -0.15) is 0 Å². The van der Waals surface area contributed by atoms with Crippen LogP contribution in [0.4, 0.5) is 5.69 Å². The van der Waals surface area contributed by atoms with E-state index in [0.717, 1.165) is 25.1 Å². The molecule has 1 aromatic carbocycles. The maximum atomic E-state index is 5.93. The predicted octanol–water partition coefficient (Wildman–Crippen LogP) is 3.50. The number of nitrogens with one attached hydrogen (secondary N) is 1. The van der Waals surface area contributed by atoms with Crippen molar-refractivity contribution in [3.63, 3.8) is 0 Å². The highest BCUT2D eigenvalue weighted by Crippen LogP contribution is 2.27. The molecule has 0 atom stereocenters. The average Bonchev–Trinajstić information content (AvgIpc) is 2.38. The Bertz CT molecular complexity index is 369. The maximum absolute atomic E-state index is 5.93. The number of aryl methyl sites for hydroxylation is 1. The van der Waals surface area contributed by atoms with E-state index in [1.807, 2.05) is 12.2 Å². The predicted molar refractivity (Wildman–Crippen MR) is 80.8 cm³/mol. The molecule has 0 spiro atoms. The lowest BCUT2D eigenvalue weighted by molar-refractivity contribution is 0.328. The maximum Gasteiger partial charge on any atom is 0.0340 e. The lowest BCUT2D eigenvalue weighted by Gasteiger charge is -2.31. The topological polar surface area (TPSA) is 38.0 Å². The van der Waals surface area contributed by atoms with Gasteiger partial charge in [0, 0.05) is 24.2 Å². The number of allylic oxidation sites excluding steroid dienone is 2. The number of nitrogens with two attached hydrogens (primary N) is 1. The molecule has 2 heteroatoms. The lowest BCUT2D eigenvalue weighted by atomic mass is 9.81. The van der Waals surface area contributed by atoms with Crippen molar-refractivity contribution >= 4 is 5.69 Å². The van der Waals surface area contributed by atoms with Crippen LogP contribution in [0.1, 0.15) is 18.4 Å². The van der Waals surface area contributed by atoms with Crippen molar-refractivity contribution in [3.05, 3.63) is 55.1 Å². The Morgan fingerprint density at radius 2 is 1.72 bits per heavy atom. The molecule has 0 amide bonds. The van der Waals surface area contributed by atoms with Gasteiger partial charge in [-0.15, -0.1) is 13.2 Å². The summed E-state index contributed by atoms with van der Waals surface area (Å²) in [6.07, 6.45) is 5.67. The fourth-order valence-corrected chi connectivity index (χ4v) is 2.04. The molecule has 0 saturated carbocycles. The van der Waals surface area contributed by atoms with Crippen molar-refractivity contribution in [2.45, 2.75) is 19.8 Å². The minimum Gasteiger partial charge on any atom is -0.384 e. The van der Waals surface area contributed by atoms with Crippen LogP contribution in [0.15, 0.2) is 49.6 Å². The van der Waals surface area contributed by atoms with Gasteiger partial charge in [0.25, 0.3) is 0 Å². The quantitative estimate of drug-likeness (QED) is 0.687. The third kappa shape index (κ3) is 4.04. The van der Waals surface area contributed by atoms with E-state index in [1.165, 1.54) is 5.56 Å². The van der Waals surface area contributed by atoms with Crippen LogP contribution in [0.25, 0.3) is 0 Å². The molecule has 0 aliphatic rings. The first-order chi connectivity index (χ1) is 8.65. The third-order valence-electron chi connectivity index (χ3n) is 3.31. The molecule has 0 radical (unpaired) electrons. The van der Waals surface area contributed by atoms with Gasteiger partial charge < -0.3 is 11.1 Å². The summed E-state index contributed by atoms with van der Waals surface area (Å²) in [6.45, 7) is 11.2. The van der Waals surface area contributed by atoms with Crippen LogP contribution in [0.3, 0.4) is 0 Å². The molecule has 3 N–H and O–H groups in total. The van der Waals surface area contributed by atoms with Crippen LogP contribution in [0.5, 0.6) is 0 Å². The first-order valence-electron chi connectivity index (χ1n) is 6.38. The van der Waals surface area contributed by atoms with Crippen LogP contribution in [-0.2, 0) is 0 Å². The Labute approximate surface area is 111 Å². The summed E-state index contributed by atoms with van der Waals surface area (Å²) in [6, 6.07) is 8.40. The van der Waals surface area contributed by atoms with Crippen molar-refractivity contribution in [2.75, 3.05) is 18.4 Å². The van der Waals surface area contributed by atoms with Gasteiger partial charge in [-0.1, -0.05) is 29.8 Å². The van der Waals surface area contributed by atoms with E-state index in [1.54, 1.807) is 0 Å². The Hall–Kier alpha value is -1.54. The van der Waals surface area contributed by atoms with Crippen molar-refractivity contribution in [3.8, 4) is 0 Å². The van der Waals surface area contributed by atoms with Gasteiger partial charge >= 0.3 is 0 Å². The molecule has 0 unspecified atom stereocenters. The summed E-state index contributed by atoms with van der Waals surface area (Å²) < 4.78 is 0. The van der Waals surface area contributed by atoms with Gasteiger partial charge in [0.2, 0.25) is 0 Å². The average molecular weight is 244 g/mol. The zero-order valence-corrected chi connectivity index (χ0v) is 11.3. The second-order valence-corrected chi connectivity index (χ2v) is 4.91. The minimum absolute atomic E-state index is 0.0222. The van der Waals surface area contributed by atoms with Gasteiger partial charge in [0.1, 0.15) is 0 Å². The Morgan fingerprint density at radius 3 is 2.17 bits per heavy atom. The smallest absolute Gasteiger partial charge is 0.0340 e. The van der Waals surface area contributed by atoms with E-state index in [9.17, 15) is 0 Å². The van der Waals surface area contributed by atoms with Crippen LogP contribution < -0.4 is 11.1 Å². The molecular weight excluding hydrogens is 220 g/mol. The summed E-state index contributed by atoms with van der Waals surface area (Å²) in [5, 5.41) is 3.46. The molecule has 0 saturated heterocycles. The molecule has 0 heterocycles. The first kappa shape index (κ1) is 14.5. The van der Waals surface area contributed by atoms with Gasteiger partial charge in [0.05, 0.1) is 0 Å². The Morgan fingerprint density at radius 1 is 1.17 bits per heavy atom. The fourth-order valence-electron chi connectivity index (χ4n) is 2.04. The number of anilines is 1. The molecule has 2 nitrogen and oxygen atoms in total. The zero-order chi connectivity index (χ0) is 13.4. The van der Waals surface area contributed by atoms with E-state index in [0.29, 0.717) is 6.54 Å². The highest BCUT2D eigenvalue weighted by atomic mass is 14.9. The van der Waals surface area contributed by atoms with Gasteiger partial charge in [-0.25, -0.2) is 0 Å². The standard InChI is InChI=1S/C16H24N2/c1-4-10-16(12-17,11-5-2)13-18-15-8-6-14(3)7-9-15/h4-9,18H,1-2,10-13,17H2,3H3. The summed E-state index contributed by atoms with van der Waals surface area (Å²) in [4.78, 5) is 0. The Kier molecular flexibility index (Phi) is 5.66. The van der Waals surface area contributed by atoms with Gasteiger partial charge in [-0.3, -0.25) is 0 Å². The molecule has 1 aromatic rings. The molecule has 0 fully saturated rings. The van der Waals surface area contributed by atoms with Crippen LogP contribution in [0.2, 0.25) is 0 Å². The van der Waals surface area contributed by atoms with Crippen molar-refractivity contribution in [1.29, 1.82) is 0 Å². The fraction of sp³-hybridized carbons (Fsp3) is 0.375. The summed E-state index contributed by atoms with van der Waals surface area (Å²) in [7, 11) is 0. The molecule has 0 aromatic heterocycles. The summed E-state index contributed by atoms with van der Waals surface area (Å²) in [5.41, 5.74) is 8.35. The molecule has 0 aliphatic heterocycles. The molecule has 98 valence electrons. The normalized spacial score (nSPS) is 11.0. The second-order valence-electron chi connectivity index (χ2n) is 4.91. The summed E-state index contributed by atoms with van der Waals surface area (Å²) in [5.74, 6) is 0. The van der Waals surface area contributed by atoms with Crippen molar-refractivity contribution in [2.24, 2.45) is 11.1 Å².